The molecule has 1 heterocycles. The summed E-state index contributed by atoms with van der Waals surface area (Å²) in [5.74, 6) is 0. The Morgan fingerprint density at radius 2 is 1.94 bits per heavy atom. The lowest BCUT2D eigenvalue weighted by Crippen LogP contribution is -2.32. The molecule has 0 aliphatic carbocycles. The van der Waals surface area contributed by atoms with Gasteiger partial charge in [0.15, 0.2) is 0 Å². The number of hydrogen-bond donors (Lipinski definition) is 1. The predicted molar refractivity (Wildman–Crippen MR) is 79.0 cm³/mol. The largest absolute Gasteiger partial charge is 0.371 e. The van der Waals surface area contributed by atoms with Gasteiger partial charge in [0.1, 0.15) is 0 Å². The van der Waals surface area contributed by atoms with Gasteiger partial charge in [-0.15, -0.1) is 0 Å². The van der Waals surface area contributed by atoms with Crippen molar-refractivity contribution in [3.05, 3.63) is 24.0 Å². The molecular weight excluding hydrogens is 222 g/mol. The molecule has 1 rings (SSSR count). The monoisotopic (exact) mass is 249 g/mol. The summed E-state index contributed by atoms with van der Waals surface area (Å²) in [7, 11) is 2.19. The number of nitrogens with one attached hydrogen (secondary N) is 1. The first kappa shape index (κ1) is 15.0. The number of nitrogens with zero attached hydrogens (tertiary/aromatic N) is 2. The van der Waals surface area contributed by atoms with Crippen LogP contribution in [0.4, 0.5) is 5.69 Å². The fraction of sp³-hybridized carbons (Fsp3) is 0.667. The van der Waals surface area contributed by atoms with Crippen molar-refractivity contribution in [3.8, 4) is 0 Å². The zero-order valence-corrected chi connectivity index (χ0v) is 12.4. The highest BCUT2D eigenvalue weighted by Gasteiger charge is 2.14. The first-order chi connectivity index (χ1) is 8.60. The molecular formula is C15H27N3. The van der Waals surface area contributed by atoms with Crippen molar-refractivity contribution < 1.29 is 0 Å². The Morgan fingerprint density at radius 1 is 1.28 bits per heavy atom. The molecule has 102 valence electrons. The van der Waals surface area contributed by atoms with Crippen LogP contribution in [0.15, 0.2) is 18.5 Å². The average molecular weight is 249 g/mol. The second-order valence-electron chi connectivity index (χ2n) is 5.12. The fourth-order valence-electron chi connectivity index (χ4n) is 2.25. The Kier molecular flexibility index (Phi) is 6.13. The summed E-state index contributed by atoms with van der Waals surface area (Å²) in [5, 5.41) is 3.47. The van der Waals surface area contributed by atoms with Gasteiger partial charge in [-0.1, -0.05) is 27.7 Å². The van der Waals surface area contributed by atoms with Gasteiger partial charge in [0.2, 0.25) is 0 Å². The lowest BCUT2D eigenvalue weighted by molar-refractivity contribution is 0.572. The summed E-state index contributed by atoms with van der Waals surface area (Å²) in [4.78, 5) is 6.64. The van der Waals surface area contributed by atoms with Crippen molar-refractivity contribution in [1.29, 1.82) is 0 Å². The molecule has 0 aromatic carbocycles. The number of aromatic nitrogens is 1. The maximum atomic E-state index is 4.25. The van der Waals surface area contributed by atoms with E-state index < -0.39 is 0 Å². The Hall–Kier alpha value is -1.09. The zero-order chi connectivity index (χ0) is 13.5. The highest BCUT2D eigenvalue weighted by Crippen LogP contribution is 2.22. The molecule has 0 amide bonds. The van der Waals surface area contributed by atoms with Gasteiger partial charge in [-0.05, 0) is 18.9 Å². The quantitative estimate of drug-likeness (QED) is 0.804. The number of rotatable bonds is 7. The van der Waals surface area contributed by atoms with Gasteiger partial charge in [-0.2, -0.15) is 0 Å². The third-order valence-corrected chi connectivity index (χ3v) is 3.45. The van der Waals surface area contributed by atoms with Crippen LogP contribution in [0, 0.1) is 0 Å². The van der Waals surface area contributed by atoms with Crippen molar-refractivity contribution in [1.82, 2.24) is 10.3 Å². The molecule has 0 fully saturated rings. The van der Waals surface area contributed by atoms with E-state index in [0.717, 1.165) is 6.54 Å². The lowest BCUT2D eigenvalue weighted by Gasteiger charge is -2.30. The first-order valence-corrected chi connectivity index (χ1v) is 6.99. The van der Waals surface area contributed by atoms with Crippen LogP contribution in [-0.2, 0) is 6.54 Å². The molecule has 0 aliphatic rings. The molecule has 0 saturated carbocycles. The van der Waals surface area contributed by atoms with Gasteiger partial charge in [-0.3, -0.25) is 4.98 Å². The van der Waals surface area contributed by atoms with E-state index in [1.807, 2.05) is 12.4 Å². The van der Waals surface area contributed by atoms with E-state index in [9.17, 15) is 0 Å². The fourth-order valence-corrected chi connectivity index (χ4v) is 2.25. The van der Waals surface area contributed by atoms with Crippen LogP contribution >= 0.6 is 0 Å². The molecule has 1 aromatic heterocycles. The Morgan fingerprint density at radius 3 is 2.50 bits per heavy atom. The van der Waals surface area contributed by atoms with E-state index in [0.29, 0.717) is 12.1 Å². The summed E-state index contributed by atoms with van der Waals surface area (Å²) in [6.07, 6.45) is 6.20. The second-order valence-corrected chi connectivity index (χ2v) is 5.12. The molecule has 18 heavy (non-hydrogen) atoms. The van der Waals surface area contributed by atoms with Crippen LogP contribution < -0.4 is 10.2 Å². The van der Waals surface area contributed by atoms with Crippen LogP contribution in [0.25, 0.3) is 0 Å². The molecule has 0 spiro atoms. The van der Waals surface area contributed by atoms with E-state index in [1.54, 1.807) is 0 Å². The summed E-state index contributed by atoms with van der Waals surface area (Å²) in [5.41, 5.74) is 2.58. The van der Waals surface area contributed by atoms with Crippen molar-refractivity contribution in [3.63, 3.8) is 0 Å². The van der Waals surface area contributed by atoms with Gasteiger partial charge in [0.25, 0.3) is 0 Å². The van der Waals surface area contributed by atoms with Crippen molar-refractivity contribution in [2.24, 2.45) is 0 Å². The van der Waals surface area contributed by atoms with Crippen molar-refractivity contribution in [2.75, 3.05) is 11.9 Å². The molecule has 0 saturated heterocycles. The van der Waals surface area contributed by atoms with E-state index in [-0.39, 0.29) is 0 Å². The van der Waals surface area contributed by atoms with Crippen LogP contribution in [0.1, 0.15) is 46.1 Å². The third-order valence-electron chi connectivity index (χ3n) is 3.45. The molecule has 0 bridgehead atoms. The minimum atomic E-state index is 0.497. The lowest BCUT2D eigenvalue weighted by atomic mass is 10.1. The molecule has 0 unspecified atom stereocenters. The SMILES string of the molecule is CCC(CC)N(C)c1ccncc1CNC(C)C. The van der Waals surface area contributed by atoms with Crippen molar-refractivity contribution in [2.45, 2.75) is 59.2 Å². The second kappa shape index (κ2) is 7.37. The molecule has 3 nitrogen and oxygen atoms in total. The van der Waals surface area contributed by atoms with E-state index in [2.05, 4.69) is 56.0 Å². The Labute approximate surface area is 112 Å². The minimum absolute atomic E-state index is 0.497. The van der Waals surface area contributed by atoms with Crippen LogP contribution in [0.5, 0.6) is 0 Å². The summed E-state index contributed by atoms with van der Waals surface area (Å²) in [6, 6.07) is 3.22. The van der Waals surface area contributed by atoms with E-state index in [4.69, 9.17) is 0 Å². The molecule has 0 aliphatic heterocycles. The number of hydrogen-bond acceptors (Lipinski definition) is 3. The number of pyridine rings is 1. The molecule has 3 heteroatoms. The van der Waals surface area contributed by atoms with Gasteiger partial charge < -0.3 is 10.2 Å². The summed E-state index contributed by atoms with van der Waals surface area (Å²) in [6.45, 7) is 9.71. The van der Waals surface area contributed by atoms with Gasteiger partial charge in [0, 0.05) is 49.3 Å². The standard InChI is InChI=1S/C15H27N3/c1-6-14(7-2)18(5)15-8-9-16-10-13(15)11-17-12(3)4/h8-10,12,14,17H,6-7,11H2,1-5H3. The molecule has 1 N–H and O–H groups in total. The third kappa shape index (κ3) is 3.98. The highest BCUT2D eigenvalue weighted by molar-refractivity contribution is 5.52. The average Bonchev–Trinajstić information content (AvgIpc) is 2.38. The topological polar surface area (TPSA) is 28.2 Å². The number of anilines is 1. The van der Waals surface area contributed by atoms with E-state index in [1.165, 1.54) is 24.1 Å². The van der Waals surface area contributed by atoms with E-state index >= 15 is 0 Å². The highest BCUT2D eigenvalue weighted by atomic mass is 15.1. The summed E-state index contributed by atoms with van der Waals surface area (Å²) < 4.78 is 0. The van der Waals surface area contributed by atoms with Gasteiger partial charge in [-0.25, -0.2) is 0 Å². The maximum absolute atomic E-state index is 4.25. The molecule has 0 atom stereocenters. The smallest absolute Gasteiger partial charge is 0.0442 e. The van der Waals surface area contributed by atoms with Gasteiger partial charge >= 0.3 is 0 Å². The summed E-state index contributed by atoms with van der Waals surface area (Å²) >= 11 is 0. The first-order valence-electron chi connectivity index (χ1n) is 6.99. The van der Waals surface area contributed by atoms with Crippen molar-refractivity contribution >= 4 is 5.69 Å². The molecule has 1 aromatic rings. The maximum Gasteiger partial charge on any atom is 0.0442 e. The Bertz CT molecular complexity index is 345. The van der Waals surface area contributed by atoms with Crippen LogP contribution in [0.3, 0.4) is 0 Å². The van der Waals surface area contributed by atoms with Crippen LogP contribution in [0.2, 0.25) is 0 Å². The normalized spacial score (nSPS) is 11.3. The molecule has 0 radical (unpaired) electrons. The van der Waals surface area contributed by atoms with Crippen LogP contribution in [-0.4, -0.2) is 24.1 Å². The predicted octanol–water partition coefficient (Wildman–Crippen LogP) is 3.20. The zero-order valence-electron chi connectivity index (χ0n) is 12.4. The minimum Gasteiger partial charge on any atom is -0.371 e. The Balaban J connectivity index is 2.86. The van der Waals surface area contributed by atoms with Gasteiger partial charge in [0.05, 0.1) is 0 Å².